The highest BCUT2D eigenvalue weighted by Crippen LogP contribution is 2.40. The molecule has 2 N–H and O–H groups in total. The van der Waals surface area contributed by atoms with Gasteiger partial charge in [-0.3, -0.25) is 4.79 Å². The lowest BCUT2D eigenvalue weighted by Gasteiger charge is -2.29. The highest BCUT2D eigenvalue weighted by molar-refractivity contribution is 5.97. The SMILES string of the molecule is Cc1cnc(N2CC[C@H](Nc3c(F)cc4c(=O)c(C(=O)O)cn5c4c3OC[C@@H]5C)C2)nc1. The topological polar surface area (TPSA) is 110 Å². The average molecular weight is 439 g/mol. The zero-order valence-electron chi connectivity index (χ0n) is 17.6. The van der Waals surface area contributed by atoms with E-state index in [0.29, 0.717) is 18.0 Å². The number of nitrogens with zero attached hydrogens (tertiary/aromatic N) is 4. The summed E-state index contributed by atoms with van der Waals surface area (Å²) in [6.45, 7) is 5.31. The second-order valence-corrected chi connectivity index (χ2v) is 8.34. The van der Waals surface area contributed by atoms with E-state index in [1.807, 2.05) is 18.7 Å². The molecule has 1 aromatic carbocycles. The number of pyridine rings is 1. The second kappa shape index (κ2) is 7.47. The maximum atomic E-state index is 15.2. The number of ether oxygens (including phenoxy) is 1. The van der Waals surface area contributed by atoms with Crippen molar-refractivity contribution in [3.63, 3.8) is 0 Å². The van der Waals surface area contributed by atoms with Crippen LogP contribution in [0.15, 0.2) is 29.5 Å². The Balaban J connectivity index is 1.52. The van der Waals surface area contributed by atoms with E-state index >= 15 is 4.39 Å². The number of aryl methyl sites for hydroxylation is 1. The average Bonchev–Trinajstić information content (AvgIpc) is 3.23. The molecular formula is C22H22FN5O4. The smallest absolute Gasteiger partial charge is 0.341 e. The van der Waals surface area contributed by atoms with Gasteiger partial charge in [-0.2, -0.15) is 0 Å². The summed E-state index contributed by atoms with van der Waals surface area (Å²) in [5.74, 6) is -1.14. The molecule has 0 radical (unpaired) electrons. The van der Waals surface area contributed by atoms with Crippen molar-refractivity contribution in [1.82, 2.24) is 14.5 Å². The molecule has 32 heavy (non-hydrogen) atoms. The summed E-state index contributed by atoms with van der Waals surface area (Å²) in [6.07, 6.45) is 5.58. The number of carboxylic acid groups (broad SMARTS) is 1. The summed E-state index contributed by atoms with van der Waals surface area (Å²) in [5, 5.41) is 12.6. The largest absolute Gasteiger partial charge is 0.487 e. The van der Waals surface area contributed by atoms with Crippen molar-refractivity contribution in [2.75, 3.05) is 29.9 Å². The summed E-state index contributed by atoms with van der Waals surface area (Å²) in [7, 11) is 0. The van der Waals surface area contributed by atoms with E-state index in [4.69, 9.17) is 4.74 Å². The summed E-state index contributed by atoms with van der Waals surface area (Å²) >= 11 is 0. The van der Waals surface area contributed by atoms with Gasteiger partial charge in [0.15, 0.2) is 11.6 Å². The van der Waals surface area contributed by atoms with Gasteiger partial charge in [-0.05, 0) is 31.9 Å². The minimum atomic E-state index is -1.34. The van der Waals surface area contributed by atoms with Crippen LogP contribution < -0.4 is 20.4 Å². The van der Waals surface area contributed by atoms with E-state index in [0.717, 1.165) is 24.6 Å². The quantitative estimate of drug-likeness (QED) is 0.639. The number of nitrogens with one attached hydrogen (secondary N) is 1. The van der Waals surface area contributed by atoms with Gasteiger partial charge in [0, 0.05) is 37.7 Å². The van der Waals surface area contributed by atoms with Crippen LogP contribution in [-0.2, 0) is 0 Å². The Morgan fingerprint density at radius 1 is 1.34 bits per heavy atom. The molecule has 166 valence electrons. The number of aromatic nitrogens is 3. The van der Waals surface area contributed by atoms with Gasteiger partial charge in [0.25, 0.3) is 0 Å². The molecule has 2 aromatic heterocycles. The molecule has 2 aliphatic rings. The van der Waals surface area contributed by atoms with Crippen molar-refractivity contribution in [2.24, 2.45) is 0 Å². The maximum Gasteiger partial charge on any atom is 0.341 e. The minimum absolute atomic E-state index is 0.00407. The van der Waals surface area contributed by atoms with Crippen LogP contribution in [0.1, 0.15) is 35.3 Å². The Kier molecular flexibility index (Phi) is 4.72. The Bertz CT molecular complexity index is 1290. The predicted molar refractivity (Wildman–Crippen MR) is 116 cm³/mol. The molecule has 1 saturated heterocycles. The number of carboxylic acids is 1. The maximum absolute atomic E-state index is 15.2. The summed E-state index contributed by atoms with van der Waals surface area (Å²) in [4.78, 5) is 35.0. The standard InChI is InChI=1S/C22H22FN5O4/c1-11-6-24-22(25-7-11)27-4-3-13(8-27)26-17-16(23)5-14-18-20(17)32-10-12(2)28(18)9-15(19(14)29)21(30)31/h5-7,9,12-13,26H,3-4,8,10H2,1-2H3,(H,30,31)/t12-,13-/m0/s1. The van der Waals surface area contributed by atoms with Crippen LogP contribution >= 0.6 is 0 Å². The van der Waals surface area contributed by atoms with Crippen molar-refractivity contribution >= 4 is 28.5 Å². The van der Waals surface area contributed by atoms with Gasteiger partial charge >= 0.3 is 5.97 Å². The van der Waals surface area contributed by atoms with E-state index < -0.39 is 17.2 Å². The summed E-state index contributed by atoms with van der Waals surface area (Å²) < 4.78 is 22.7. The van der Waals surface area contributed by atoms with E-state index in [2.05, 4.69) is 15.3 Å². The Hall–Kier alpha value is -3.69. The fraction of sp³-hybridized carbons (Fsp3) is 0.364. The lowest BCUT2D eigenvalue weighted by atomic mass is 10.1. The molecule has 1 fully saturated rings. The number of benzene rings is 1. The third-order valence-electron chi connectivity index (χ3n) is 5.98. The van der Waals surface area contributed by atoms with E-state index in [9.17, 15) is 14.7 Å². The first kappa shape index (κ1) is 20.2. The first-order valence-corrected chi connectivity index (χ1v) is 10.4. The first-order chi connectivity index (χ1) is 15.3. The van der Waals surface area contributed by atoms with Crippen LogP contribution in [0.2, 0.25) is 0 Å². The molecule has 2 aliphatic heterocycles. The zero-order chi connectivity index (χ0) is 22.6. The minimum Gasteiger partial charge on any atom is -0.487 e. The van der Waals surface area contributed by atoms with Crippen molar-refractivity contribution in [3.05, 3.63) is 51.8 Å². The van der Waals surface area contributed by atoms with E-state index in [1.54, 1.807) is 17.0 Å². The molecule has 0 amide bonds. The normalized spacial score (nSPS) is 19.8. The number of aromatic carboxylic acids is 1. The number of hydrogen-bond acceptors (Lipinski definition) is 7. The lowest BCUT2D eigenvalue weighted by Crippen LogP contribution is -2.30. The lowest BCUT2D eigenvalue weighted by molar-refractivity contribution is 0.0694. The molecule has 2 atom stereocenters. The molecule has 5 rings (SSSR count). The molecule has 0 spiro atoms. The monoisotopic (exact) mass is 439 g/mol. The molecule has 0 saturated carbocycles. The fourth-order valence-corrected chi connectivity index (χ4v) is 4.33. The van der Waals surface area contributed by atoms with Gasteiger partial charge < -0.3 is 24.6 Å². The molecule has 9 nitrogen and oxygen atoms in total. The van der Waals surface area contributed by atoms with Gasteiger partial charge in [-0.25, -0.2) is 19.2 Å². The summed E-state index contributed by atoms with van der Waals surface area (Å²) in [6, 6.07) is 0.816. The fourth-order valence-electron chi connectivity index (χ4n) is 4.33. The molecular weight excluding hydrogens is 417 g/mol. The predicted octanol–water partition coefficient (Wildman–Crippen LogP) is 2.58. The van der Waals surface area contributed by atoms with Gasteiger partial charge in [0.1, 0.15) is 17.9 Å². The van der Waals surface area contributed by atoms with Gasteiger partial charge in [-0.15, -0.1) is 0 Å². The van der Waals surface area contributed by atoms with Gasteiger partial charge in [-0.1, -0.05) is 0 Å². The third kappa shape index (κ3) is 3.22. The van der Waals surface area contributed by atoms with Crippen molar-refractivity contribution in [1.29, 1.82) is 0 Å². The molecule has 4 heterocycles. The Morgan fingerprint density at radius 3 is 2.81 bits per heavy atom. The Labute approximate surface area is 182 Å². The van der Waals surface area contributed by atoms with E-state index in [1.165, 1.54) is 6.20 Å². The van der Waals surface area contributed by atoms with Gasteiger partial charge in [0.2, 0.25) is 11.4 Å². The van der Waals surface area contributed by atoms with Crippen LogP contribution in [0.4, 0.5) is 16.0 Å². The van der Waals surface area contributed by atoms with Crippen LogP contribution in [-0.4, -0.2) is 51.3 Å². The molecule has 10 heteroatoms. The molecule has 0 unspecified atom stereocenters. The van der Waals surface area contributed by atoms with Crippen LogP contribution in [0.25, 0.3) is 10.9 Å². The highest BCUT2D eigenvalue weighted by Gasteiger charge is 2.31. The van der Waals surface area contributed by atoms with Crippen LogP contribution in [0, 0.1) is 12.7 Å². The number of halogens is 1. The summed E-state index contributed by atoms with van der Waals surface area (Å²) in [5.41, 5.74) is 0.443. The zero-order valence-corrected chi connectivity index (χ0v) is 17.6. The number of hydrogen-bond donors (Lipinski definition) is 2. The van der Waals surface area contributed by atoms with Crippen LogP contribution in [0.3, 0.4) is 0 Å². The second-order valence-electron chi connectivity index (χ2n) is 8.34. The van der Waals surface area contributed by atoms with Crippen molar-refractivity contribution in [3.8, 4) is 5.75 Å². The first-order valence-electron chi connectivity index (χ1n) is 10.4. The molecule has 0 bridgehead atoms. The highest BCUT2D eigenvalue weighted by atomic mass is 19.1. The van der Waals surface area contributed by atoms with E-state index in [-0.39, 0.29) is 41.1 Å². The number of carbonyl (C=O) groups is 1. The Morgan fingerprint density at radius 2 is 2.09 bits per heavy atom. The molecule has 3 aromatic rings. The molecule has 0 aliphatic carbocycles. The third-order valence-corrected chi connectivity index (χ3v) is 5.98. The number of anilines is 2. The van der Waals surface area contributed by atoms with Crippen molar-refractivity contribution in [2.45, 2.75) is 32.4 Å². The van der Waals surface area contributed by atoms with Gasteiger partial charge in [0.05, 0.1) is 16.9 Å². The number of rotatable bonds is 4. The van der Waals surface area contributed by atoms with Crippen LogP contribution in [0.5, 0.6) is 5.75 Å². The van der Waals surface area contributed by atoms with Crippen molar-refractivity contribution < 1.29 is 19.0 Å².